The van der Waals surface area contributed by atoms with Crippen LogP contribution >= 0.6 is 0 Å². The van der Waals surface area contributed by atoms with Gasteiger partial charge in [0, 0.05) is 6.20 Å². The van der Waals surface area contributed by atoms with Crippen LogP contribution in [0, 0.1) is 6.92 Å². The van der Waals surface area contributed by atoms with Gasteiger partial charge in [0.2, 0.25) is 0 Å². The van der Waals surface area contributed by atoms with E-state index >= 15 is 0 Å². The van der Waals surface area contributed by atoms with Crippen molar-refractivity contribution < 1.29 is 9.50 Å². The van der Waals surface area contributed by atoms with E-state index in [1.807, 2.05) is 6.92 Å². The lowest BCUT2D eigenvalue weighted by Gasteiger charge is -2.03. The molecule has 0 aromatic carbocycles. The summed E-state index contributed by atoms with van der Waals surface area (Å²) in [5.74, 6) is 0. The fraction of sp³-hybridized carbons (Fsp3) is 0.375. The number of hydrogen-bond acceptors (Lipinski definition) is 2. The van der Waals surface area contributed by atoms with Crippen LogP contribution in [0.4, 0.5) is 4.39 Å². The van der Waals surface area contributed by atoms with Gasteiger partial charge in [0.05, 0.1) is 5.69 Å². The third kappa shape index (κ3) is 1.98. The zero-order valence-electron chi connectivity index (χ0n) is 6.29. The number of halogens is 1. The monoisotopic (exact) mass is 155 g/mol. The van der Waals surface area contributed by atoms with Crippen molar-refractivity contribution in [3.63, 3.8) is 0 Å². The van der Waals surface area contributed by atoms with Crippen molar-refractivity contribution in [2.45, 2.75) is 13.0 Å². The summed E-state index contributed by atoms with van der Waals surface area (Å²) in [4.78, 5) is 3.86. The number of pyridine rings is 1. The minimum Gasteiger partial charge on any atom is -0.384 e. The topological polar surface area (TPSA) is 33.1 Å². The maximum atomic E-state index is 11.9. The van der Waals surface area contributed by atoms with Crippen molar-refractivity contribution >= 4 is 0 Å². The van der Waals surface area contributed by atoms with E-state index in [2.05, 4.69) is 4.98 Å². The number of aliphatic hydroxyl groups excluding tert-OH is 1. The molecule has 0 saturated heterocycles. The predicted molar refractivity (Wildman–Crippen MR) is 39.9 cm³/mol. The summed E-state index contributed by atoms with van der Waals surface area (Å²) in [6, 6.07) is 3.42. The van der Waals surface area contributed by atoms with Crippen LogP contribution in [-0.2, 0) is 0 Å². The molecular weight excluding hydrogens is 145 g/mol. The molecule has 11 heavy (non-hydrogen) atoms. The fourth-order valence-electron chi connectivity index (χ4n) is 0.755. The second kappa shape index (κ2) is 3.44. The van der Waals surface area contributed by atoms with Crippen LogP contribution < -0.4 is 0 Å². The molecule has 0 amide bonds. The molecule has 0 aliphatic rings. The van der Waals surface area contributed by atoms with Crippen molar-refractivity contribution in [3.05, 3.63) is 29.6 Å². The molecule has 1 aromatic heterocycles. The lowest BCUT2D eigenvalue weighted by molar-refractivity contribution is 0.137. The second-order valence-electron chi connectivity index (χ2n) is 2.43. The molecule has 0 bridgehead atoms. The van der Waals surface area contributed by atoms with E-state index in [-0.39, 0.29) is 0 Å². The number of alkyl halides is 1. The number of aromatic nitrogens is 1. The molecule has 0 spiro atoms. The number of hydrogen-bond donors (Lipinski definition) is 1. The molecule has 0 aliphatic heterocycles. The van der Waals surface area contributed by atoms with E-state index in [1.165, 1.54) is 0 Å². The quantitative estimate of drug-likeness (QED) is 0.700. The van der Waals surface area contributed by atoms with E-state index in [0.717, 1.165) is 5.56 Å². The van der Waals surface area contributed by atoms with Crippen LogP contribution in [0.15, 0.2) is 18.3 Å². The highest BCUT2D eigenvalue weighted by Crippen LogP contribution is 2.09. The number of aliphatic hydroxyl groups is 1. The molecule has 3 heteroatoms. The average molecular weight is 155 g/mol. The Labute approximate surface area is 64.7 Å². The summed E-state index contributed by atoms with van der Waals surface area (Å²) in [6.07, 6.45) is 0.532. The normalized spacial score (nSPS) is 13.0. The molecule has 1 unspecified atom stereocenters. The van der Waals surface area contributed by atoms with Gasteiger partial charge in [-0.15, -0.1) is 0 Å². The molecule has 1 rings (SSSR count). The van der Waals surface area contributed by atoms with Crippen molar-refractivity contribution in [1.29, 1.82) is 0 Å². The Hall–Kier alpha value is -0.960. The van der Waals surface area contributed by atoms with Gasteiger partial charge in [0.1, 0.15) is 12.8 Å². The van der Waals surface area contributed by atoms with Gasteiger partial charge >= 0.3 is 0 Å². The van der Waals surface area contributed by atoms with E-state index in [4.69, 9.17) is 5.11 Å². The van der Waals surface area contributed by atoms with E-state index in [1.54, 1.807) is 18.3 Å². The highest BCUT2D eigenvalue weighted by molar-refractivity contribution is 5.13. The maximum absolute atomic E-state index is 11.9. The van der Waals surface area contributed by atoms with Crippen LogP contribution in [0.3, 0.4) is 0 Å². The first-order chi connectivity index (χ1) is 5.24. The van der Waals surface area contributed by atoms with Gasteiger partial charge in [-0.25, -0.2) is 4.39 Å². The predicted octanol–water partition coefficient (Wildman–Crippen LogP) is 1.39. The Bertz CT molecular complexity index is 222. The standard InChI is InChI=1S/C8H10FNO/c1-6-2-3-7(10-5-6)8(11)4-9/h2-3,5,8,11H,4H2,1H3. The molecule has 0 fully saturated rings. The summed E-state index contributed by atoms with van der Waals surface area (Å²) in [6.45, 7) is 1.11. The first kappa shape index (κ1) is 8.14. The van der Waals surface area contributed by atoms with Crippen LogP contribution in [0.5, 0.6) is 0 Å². The van der Waals surface area contributed by atoms with Gasteiger partial charge in [-0.1, -0.05) is 6.07 Å². The maximum Gasteiger partial charge on any atom is 0.124 e. The van der Waals surface area contributed by atoms with Gasteiger partial charge in [-0.2, -0.15) is 0 Å². The highest BCUT2D eigenvalue weighted by atomic mass is 19.1. The first-order valence-corrected chi connectivity index (χ1v) is 3.40. The Morgan fingerprint density at radius 1 is 1.64 bits per heavy atom. The average Bonchev–Trinajstić information content (AvgIpc) is 2.05. The van der Waals surface area contributed by atoms with Gasteiger partial charge in [0.15, 0.2) is 0 Å². The molecule has 2 nitrogen and oxygen atoms in total. The van der Waals surface area contributed by atoms with Crippen molar-refractivity contribution in [3.8, 4) is 0 Å². The van der Waals surface area contributed by atoms with Crippen LogP contribution in [0.2, 0.25) is 0 Å². The number of aryl methyl sites for hydroxylation is 1. The Kier molecular flexibility index (Phi) is 2.54. The van der Waals surface area contributed by atoms with Crippen molar-refractivity contribution in [2.75, 3.05) is 6.67 Å². The molecule has 1 aromatic rings. The summed E-state index contributed by atoms with van der Waals surface area (Å²) in [5, 5.41) is 8.98. The Morgan fingerprint density at radius 2 is 2.36 bits per heavy atom. The van der Waals surface area contributed by atoms with Crippen LogP contribution in [-0.4, -0.2) is 16.8 Å². The van der Waals surface area contributed by atoms with E-state index in [0.29, 0.717) is 5.69 Å². The Balaban J connectivity index is 2.81. The third-order valence-corrected chi connectivity index (χ3v) is 1.42. The third-order valence-electron chi connectivity index (χ3n) is 1.42. The highest BCUT2D eigenvalue weighted by Gasteiger charge is 2.06. The summed E-state index contributed by atoms with van der Waals surface area (Å²) >= 11 is 0. The minimum atomic E-state index is -1.07. The molecule has 0 saturated carbocycles. The van der Waals surface area contributed by atoms with Crippen LogP contribution in [0.25, 0.3) is 0 Å². The minimum absolute atomic E-state index is 0.387. The zero-order chi connectivity index (χ0) is 8.27. The fourth-order valence-corrected chi connectivity index (χ4v) is 0.755. The van der Waals surface area contributed by atoms with E-state index in [9.17, 15) is 4.39 Å². The van der Waals surface area contributed by atoms with E-state index < -0.39 is 12.8 Å². The van der Waals surface area contributed by atoms with Crippen molar-refractivity contribution in [2.24, 2.45) is 0 Å². The lowest BCUT2D eigenvalue weighted by atomic mass is 10.2. The summed E-state index contributed by atoms with van der Waals surface area (Å²) < 4.78 is 11.9. The van der Waals surface area contributed by atoms with Crippen molar-refractivity contribution in [1.82, 2.24) is 4.98 Å². The zero-order valence-corrected chi connectivity index (χ0v) is 6.29. The molecule has 1 atom stereocenters. The molecule has 60 valence electrons. The van der Waals surface area contributed by atoms with Gasteiger partial charge in [-0.05, 0) is 18.6 Å². The smallest absolute Gasteiger partial charge is 0.124 e. The second-order valence-corrected chi connectivity index (χ2v) is 2.43. The largest absolute Gasteiger partial charge is 0.384 e. The number of nitrogens with zero attached hydrogens (tertiary/aromatic N) is 1. The Morgan fingerprint density at radius 3 is 2.82 bits per heavy atom. The summed E-state index contributed by atoms with van der Waals surface area (Å²) in [5.41, 5.74) is 1.39. The molecule has 0 aliphatic carbocycles. The molecular formula is C8H10FNO. The van der Waals surface area contributed by atoms with Gasteiger partial charge in [0.25, 0.3) is 0 Å². The molecule has 1 heterocycles. The van der Waals surface area contributed by atoms with Gasteiger partial charge in [-0.3, -0.25) is 4.98 Å². The number of rotatable bonds is 2. The SMILES string of the molecule is Cc1ccc(C(O)CF)nc1. The lowest BCUT2D eigenvalue weighted by Crippen LogP contribution is -2.01. The molecule has 1 N–H and O–H groups in total. The van der Waals surface area contributed by atoms with Gasteiger partial charge < -0.3 is 5.11 Å². The first-order valence-electron chi connectivity index (χ1n) is 3.40. The summed E-state index contributed by atoms with van der Waals surface area (Å²) in [7, 11) is 0. The molecule has 0 radical (unpaired) electrons. The van der Waals surface area contributed by atoms with Crippen LogP contribution in [0.1, 0.15) is 17.4 Å².